The van der Waals surface area contributed by atoms with Gasteiger partial charge in [-0.3, -0.25) is 0 Å². The van der Waals surface area contributed by atoms with Crippen LogP contribution < -0.4 is 10.6 Å². The Morgan fingerprint density at radius 3 is 2.42 bits per heavy atom. The van der Waals surface area contributed by atoms with Crippen molar-refractivity contribution >= 4 is 35.1 Å². The first-order valence-corrected chi connectivity index (χ1v) is 8.08. The molecule has 0 unspecified atom stereocenters. The molecule has 0 aliphatic rings. The molecule has 2 rings (SSSR count). The lowest BCUT2D eigenvalue weighted by molar-refractivity contribution is -0.0328. The zero-order valence-electron chi connectivity index (χ0n) is 12.6. The molecule has 0 aromatic heterocycles. The molecule has 0 fully saturated rings. The molecule has 0 aliphatic carbocycles. The lowest BCUT2D eigenvalue weighted by Crippen LogP contribution is -2.28. The van der Waals surface area contributed by atoms with Gasteiger partial charge in [0, 0.05) is 22.2 Å². The van der Waals surface area contributed by atoms with Gasteiger partial charge in [0.15, 0.2) is 0 Å². The number of alkyl halides is 3. The van der Waals surface area contributed by atoms with Gasteiger partial charge in [-0.15, -0.1) is 0 Å². The van der Waals surface area contributed by atoms with E-state index in [0.29, 0.717) is 10.7 Å². The largest absolute Gasteiger partial charge is 0.446 e. The molecule has 0 saturated carbocycles. The zero-order valence-corrected chi connectivity index (χ0v) is 14.1. The van der Waals surface area contributed by atoms with Crippen LogP contribution in [0.15, 0.2) is 47.4 Å². The second-order valence-corrected chi connectivity index (χ2v) is 6.51. The number of benzene rings is 2. The number of hydrogen-bond donors (Lipinski definition) is 2. The van der Waals surface area contributed by atoms with Crippen LogP contribution >= 0.6 is 23.4 Å². The van der Waals surface area contributed by atoms with Crippen molar-refractivity contribution in [2.45, 2.75) is 23.9 Å². The summed E-state index contributed by atoms with van der Waals surface area (Å²) in [7, 11) is 0. The van der Waals surface area contributed by atoms with E-state index in [9.17, 15) is 18.0 Å². The van der Waals surface area contributed by atoms with Gasteiger partial charge in [-0.25, -0.2) is 4.79 Å². The quantitative estimate of drug-likeness (QED) is 0.686. The van der Waals surface area contributed by atoms with E-state index >= 15 is 0 Å². The molecule has 2 amide bonds. The topological polar surface area (TPSA) is 41.1 Å². The minimum atomic E-state index is -4.33. The van der Waals surface area contributed by atoms with Crippen LogP contribution in [0.5, 0.6) is 0 Å². The highest BCUT2D eigenvalue weighted by molar-refractivity contribution is 8.00. The Bertz CT molecular complexity index is 720. The van der Waals surface area contributed by atoms with Gasteiger partial charge in [-0.05, 0) is 60.1 Å². The average Bonchev–Trinajstić information content (AvgIpc) is 2.49. The van der Waals surface area contributed by atoms with E-state index in [1.165, 1.54) is 24.3 Å². The molecule has 0 bridgehead atoms. The minimum Gasteiger partial charge on any atom is -0.334 e. The van der Waals surface area contributed by atoms with Crippen LogP contribution in [0, 0.1) is 6.92 Å². The number of thioether (sulfide) groups is 1. The molecular weight excluding hydrogens is 361 g/mol. The van der Waals surface area contributed by atoms with Gasteiger partial charge in [-0.1, -0.05) is 23.7 Å². The molecule has 128 valence electrons. The van der Waals surface area contributed by atoms with Gasteiger partial charge >= 0.3 is 11.5 Å². The van der Waals surface area contributed by atoms with E-state index in [1.807, 2.05) is 19.1 Å². The summed E-state index contributed by atoms with van der Waals surface area (Å²) in [4.78, 5) is 11.9. The average molecular weight is 375 g/mol. The molecule has 2 aromatic rings. The molecule has 24 heavy (non-hydrogen) atoms. The summed E-state index contributed by atoms with van der Waals surface area (Å²) in [5.74, 6) is 0. The van der Waals surface area contributed by atoms with Gasteiger partial charge in [-0.2, -0.15) is 13.2 Å². The van der Waals surface area contributed by atoms with Crippen LogP contribution in [0.4, 0.5) is 23.7 Å². The Balaban J connectivity index is 1.86. The number of amides is 2. The van der Waals surface area contributed by atoms with Crippen molar-refractivity contribution in [2.75, 3.05) is 5.32 Å². The number of carbonyl (C=O) groups excluding carboxylic acids is 1. The fourth-order valence-corrected chi connectivity index (χ4v) is 2.59. The van der Waals surface area contributed by atoms with E-state index in [0.717, 1.165) is 11.1 Å². The number of carbonyl (C=O) groups is 1. The van der Waals surface area contributed by atoms with E-state index in [2.05, 4.69) is 10.6 Å². The SMILES string of the molecule is Cc1ccc(CNC(=O)Nc2ccc(SC(F)(F)F)cc2)cc1Cl. The first-order chi connectivity index (χ1) is 11.2. The molecule has 2 N–H and O–H groups in total. The maximum absolute atomic E-state index is 12.2. The maximum atomic E-state index is 12.2. The van der Waals surface area contributed by atoms with E-state index in [1.54, 1.807) is 6.07 Å². The van der Waals surface area contributed by atoms with Gasteiger partial charge in [0.05, 0.1) is 0 Å². The van der Waals surface area contributed by atoms with Crippen molar-refractivity contribution in [1.29, 1.82) is 0 Å². The van der Waals surface area contributed by atoms with Gasteiger partial charge in [0.1, 0.15) is 0 Å². The monoisotopic (exact) mass is 374 g/mol. The smallest absolute Gasteiger partial charge is 0.334 e. The molecule has 3 nitrogen and oxygen atoms in total. The number of halogens is 4. The number of aryl methyl sites for hydroxylation is 1. The standard InChI is InChI=1S/C16H14ClF3N2OS/c1-10-2-3-11(8-14(10)17)9-21-15(23)22-12-4-6-13(7-5-12)24-16(18,19)20/h2-8H,9H2,1H3,(H2,21,22,23). The zero-order chi connectivity index (χ0) is 17.7. The summed E-state index contributed by atoms with van der Waals surface area (Å²) >= 11 is 5.81. The Morgan fingerprint density at radius 1 is 1.17 bits per heavy atom. The third kappa shape index (κ3) is 5.98. The Kier molecular flexibility index (Phi) is 6.01. The highest BCUT2D eigenvalue weighted by atomic mass is 35.5. The maximum Gasteiger partial charge on any atom is 0.446 e. The molecule has 0 spiro atoms. The predicted octanol–water partition coefficient (Wildman–Crippen LogP) is 5.58. The lowest BCUT2D eigenvalue weighted by atomic mass is 10.1. The highest BCUT2D eigenvalue weighted by Gasteiger charge is 2.28. The van der Waals surface area contributed by atoms with Crippen molar-refractivity contribution in [3.05, 3.63) is 58.6 Å². The van der Waals surface area contributed by atoms with Crippen LogP contribution in [0.25, 0.3) is 0 Å². The van der Waals surface area contributed by atoms with Crippen LogP contribution in [0.2, 0.25) is 5.02 Å². The number of rotatable bonds is 4. The summed E-state index contributed by atoms with van der Waals surface area (Å²) in [6.45, 7) is 2.17. The number of anilines is 1. The van der Waals surface area contributed by atoms with Gasteiger partial charge in [0.2, 0.25) is 0 Å². The molecule has 0 aliphatic heterocycles. The number of nitrogens with one attached hydrogen (secondary N) is 2. The van der Waals surface area contributed by atoms with Gasteiger partial charge < -0.3 is 10.6 Å². The summed E-state index contributed by atoms with van der Waals surface area (Å²) in [6.07, 6.45) is 0. The van der Waals surface area contributed by atoms with E-state index in [4.69, 9.17) is 11.6 Å². The third-order valence-corrected chi connectivity index (χ3v) is 4.18. The Hall–Kier alpha value is -1.86. The molecule has 0 atom stereocenters. The van der Waals surface area contributed by atoms with Crippen molar-refractivity contribution in [3.63, 3.8) is 0 Å². The molecule has 0 radical (unpaired) electrons. The molecule has 2 aromatic carbocycles. The predicted molar refractivity (Wildman–Crippen MR) is 90.4 cm³/mol. The summed E-state index contributed by atoms with van der Waals surface area (Å²) in [5, 5.41) is 5.83. The van der Waals surface area contributed by atoms with Gasteiger partial charge in [0.25, 0.3) is 0 Å². The minimum absolute atomic E-state index is 0.0581. The summed E-state index contributed by atoms with van der Waals surface area (Å²) < 4.78 is 36.7. The molecule has 8 heteroatoms. The Morgan fingerprint density at radius 2 is 1.83 bits per heavy atom. The fourth-order valence-electron chi connectivity index (χ4n) is 1.84. The van der Waals surface area contributed by atoms with Crippen LogP contribution in [-0.4, -0.2) is 11.5 Å². The van der Waals surface area contributed by atoms with Crippen LogP contribution in [-0.2, 0) is 6.54 Å². The van der Waals surface area contributed by atoms with E-state index < -0.39 is 11.5 Å². The number of hydrogen-bond acceptors (Lipinski definition) is 2. The fraction of sp³-hybridized carbons (Fsp3) is 0.188. The van der Waals surface area contributed by atoms with Crippen molar-refractivity contribution < 1.29 is 18.0 Å². The van der Waals surface area contributed by atoms with Crippen LogP contribution in [0.3, 0.4) is 0 Å². The second-order valence-electron chi connectivity index (χ2n) is 4.96. The van der Waals surface area contributed by atoms with Crippen LogP contribution in [0.1, 0.15) is 11.1 Å². The Labute approximate surface area is 146 Å². The number of urea groups is 1. The second kappa shape index (κ2) is 7.81. The first kappa shape index (κ1) is 18.5. The van der Waals surface area contributed by atoms with E-state index in [-0.39, 0.29) is 23.2 Å². The molecule has 0 saturated heterocycles. The summed E-state index contributed by atoms with van der Waals surface area (Å²) in [6, 6.07) is 10.4. The highest BCUT2D eigenvalue weighted by Crippen LogP contribution is 2.37. The lowest BCUT2D eigenvalue weighted by Gasteiger charge is -2.10. The molecule has 0 heterocycles. The normalized spacial score (nSPS) is 11.2. The molecular formula is C16H14ClF3N2OS. The van der Waals surface area contributed by atoms with Crippen molar-refractivity contribution in [2.24, 2.45) is 0 Å². The first-order valence-electron chi connectivity index (χ1n) is 6.88. The summed E-state index contributed by atoms with van der Waals surface area (Å²) in [5.41, 5.74) is -2.14. The van der Waals surface area contributed by atoms with Crippen molar-refractivity contribution in [1.82, 2.24) is 5.32 Å². The third-order valence-electron chi connectivity index (χ3n) is 3.04. The van der Waals surface area contributed by atoms with Crippen molar-refractivity contribution in [3.8, 4) is 0 Å².